The highest BCUT2D eigenvalue weighted by Crippen LogP contribution is 2.44. The van der Waals surface area contributed by atoms with Crippen LogP contribution in [0, 0.1) is 0 Å². The molecule has 76 valence electrons. The summed E-state index contributed by atoms with van der Waals surface area (Å²) in [7, 11) is -1.37. The van der Waals surface area contributed by atoms with E-state index in [1.165, 1.54) is 27.4 Å². The monoisotopic (exact) mass is 206 g/mol. The fourth-order valence-electron chi connectivity index (χ4n) is 0.965. The van der Waals surface area contributed by atoms with E-state index < -0.39 is 18.8 Å². The Morgan fingerprint density at radius 2 is 1.85 bits per heavy atom. The van der Waals surface area contributed by atoms with Crippen molar-refractivity contribution >= 4 is 18.9 Å². The predicted octanol–water partition coefficient (Wildman–Crippen LogP) is 1.13. The highest BCUT2D eigenvalue weighted by Gasteiger charge is 2.32. The van der Waals surface area contributed by atoms with Crippen molar-refractivity contribution in [1.82, 2.24) is 0 Å². The molecule has 5 heteroatoms. The van der Waals surface area contributed by atoms with Gasteiger partial charge in [0.1, 0.15) is 11.4 Å². The first-order valence-corrected chi connectivity index (χ1v) is 6.58. The topological polar surface area (TPSA) is 60.4 Å². The maximum atomic E-state index is 11.6. The fourth-order valence-corrected chi connectivity index (χ4v) is 2.28. The Kier molecular flexibility index (Phi) is 4.34. The first-order valence-electron chi connectivity index (χ1n) is 3.91. The van der Waals surface area contributed by atoms with Gasteiger partial charge >= 0.3 is 5.97 Å². The van der Waals surface area contributed by atoms with Gasteiger partial charge in [0, 0.05) is 6.42 Å². The molecule has 0 saturated carbocycles. The van der Waals surface area contributed by atoms with Crippen molar-refractivity contribution in [2.75, 3.05) is 20.4 Å². The van der Waals surface area contributed by atoms with E-state index in [1.54, 1.807) is 0 Å². The highest BCUT2D eigenvalue weighted by molar-refractivity contribution is 7.64. The van der Waals surface area contributed by atoms with Crippen LogP contribution < -0.4 is 0 Å². The molecule has 0 heterocycles. The second-order valence-electron chi connectivity index (χ2n) is 3.38. The van der Waals surface area contributed by atoms with Crippen LogP contribution in [0.1, 0.15) is 13.3 Å². The number of ketones is 1. The van der Waals surface area contributed by atoms with Crippen LogP contribution in [0.25, 0.3) is 0 Å². The molecular weight excluding hydrogens is 191 g/mol. The molecule has 1 atom stereocenters. The largest absolute Gasteiger partial charge is 0.468 e. The number of Topliss-reactive ketones (excluding diaryl/α,β-unsaturated/α-hetero) is 1. The molecule has 0 spiro atoms. The van der Waals surface area contributed by atoms with Gasteiger partial charge in [0.2, 0.25) is 0 Å². The van der Waals surface area contributed by atoms with E-state index >= 15 is 0 Å². The molecule has 0 aromatic carbocycles. The summed E-state index contributed by atoms with van der Waals surface area (Å²) in [5, 5.41) is 0. The molecule has 0 saturated heterocycles. The van der Waals surface area contributed by atoms with E-state index in [9.17, 15) is 14.2 Å². The second kappa shape index (κ2) is 4.56. The Morgan fingerprint density at radius 1 is 1.38 bits per heavy atom. The molecule has 0 radical (unpaired) electrons. The van der Waals surface area contributed by atoms with Crippen LogP contribution in [0.4, 0.5) is 0 Å². The van der Waals surface area contributed by atoms with E-state index in [1.807, 2.05) is 0 Å². The van der Waals surface area contributed by atoms with E-state index in [0.29, 0.717) is 0 Å². The lowest BCUT2D eigenvalue weighted by Crippen LogP contribution is -2.24. The molecular formula is C8H15O4P. The fraction of sp³-hybridized carbons (Fsp3) is 0.750. The predicted molar refractivity (Wildman–Crippen MR) is 50.6 cm³/mol. The Labute approximate surface area is 78.0 Å². The van der Waals surface area contributed by atoms with Gasteiger partial charge in [-0.3, -0.25) is 9.59 Å². The first kappa shape index (κ1) is 12.4. The highest BCUT2D eigenvalue weighted by atomic mass is 31.2. The number of hydrogen-bond acceptors (Lipinski definition) is 4. The van der Waals surface area contributed by atoms with Crippen molar-refractivity contribution in [1.29, 1.82) is 0 Å². The molecule has 0 bridgehead atoms. The summed E-state index contributed by atoms with van der Waals surface area (Å²) >= 11 is 0. The summed E-state index contributed by atoms with van der Waals surface area (Å²) in [6.45, 7) is 4.33. The van der Waals surface area contributed by atoms with Crippen LogP contribution in [0.15, 0.2) is 0 Å². The van der Waals surface area contributed by atoms with E-state index in [4.69, 9.17) is 0 Å². The molecule has 0 N–H and O–H groups in total. The molecule has 13 heavy (non-hydrogen) atoms. The minimum Gasteiger partial charge on any atom is -0.468 e. The summed E-state index contributed by atoms with van der Waals surface area (Å²) in [5.74, 6) is -0.720. The lowest BCUT2D eigenvalue weighted by molar-refractivity contribution is -0.141. The molecule has 1 unspecified atom stereocenters. The first-order chi connectivity index (χ1) is 5.79. The number of esters is 1. The molecule has 0 aromatic rings. The Morgan fingerprint density at radius 3 is 2.08 bits per heavy atom. The third kappa shape index (κ3) is 4.23. The van der Waals surface area contributed by atoms with Gasteiger partial charge in [-0.2, -0.15) is 0 Å². The van der Waals surface area contributed by atoms with Crippen molar-refractivity contribution < 1.29 is 18.9 Å². The number of rotatable bonds is 4. The minimum absolute atomic E-state index is 0.00302. The van der Waals surface area contributed by atoms with Crippen molar-refractivity contribution in [3.8, 4) is 0 Å². The summed E-state index contributed by atoms with van der Waals surface area (Å²) in [4.78, 5) is 21.9. The smallest absolute Gasteiger partial charge is 0.316 e. The lowest BCUT2D eigenvalue weighted by atomic mass is 10.2. The Balaban J connectivity index is 4.66. The zero-order chi connectivity index (χ0) is 10.6. The third-order valence-corrected chi connectivity index (χ3v) is 3.60. The Bertz CT molecular complexity index is 253. The molecule has 0 aliphatic heterocycles. The van der Waals surface area contributed by atoms with Crippen molar-refractivity contribution in [3.63, 3.8) is 0 Å². The molecule has 0 aromatic heterocycles. The average molecular weight is 206 g/mol. The summed E-state index contributed by atoms with van der Waals surface area (Å²) < 4.78 is 16.1. The van der Waals surface area contributed by atoms with Gasteiger partial charge < -0.3 is 9.30 Å². The van der Waals surface area contributed by atoms with Gasteiger partial charge in [0.25, 0.3) is 0 Å². The van der Waals surface area contributed by atoms with Crippen LogP contribution >= 0.6 is 7.14 Å². The van der Waals surface area contributed by atoms with Crippen molar-refractivity contribution in [3.05, 3.63) is 0 Å². The summed E-state index contributed by atoms with van der Waals surface area (Å²) in [6, 6.07) is 0. The molecule has 0 aliphatic carbocycles. The summed E-state index contributed by atoms with van der Waals surface area (Å²) in [5.41, 5.74) is -0.782. The SMILES string of the molecule is COC(=O)C(CC(C)=O)P(C)(C)=O. The van der Waals surface area contributed by atoms with E-state index in [-0.39, 0.29) is 12.2 Å². The van der Waals surface area contributed by atoms with Crippen LogP contribution in [-0.4, -0.2) is 37.9 Å². The number of methoxy groups -OCH3 is 1. The molecule has 0 fully saturated rings. The van der Waals surface area contributed by atoms with Crippen LogP contribution in [-0.2, 0) is 18.9 Å². The number of carbonyl (C=O) groups excluding carboxylic acids is 2. The zero-order valence-corrected chi connectivity index (χ0v) is 9.26. The number of carbonyl (C=O) groups is 2. The third-order valence-electron chi connectivity index (χ3n) is 1.70. The standard InChI is InChI=1S/C8H15O4P/c1-6(9)5-7(8(10)12-2)13(3,4)11/h7H,5H2,1-4H3. The molecule has 0 rings (SSSR count). The Hall–Kier alpha value is -0.630. The maximum absolute atomic E-state index is 11.6. The van der Waals surface area contributed by atoms with E-state index in [2.05, 4.69) is 4.74 Å². The van der Waals surface area contributed by atoms with Gasteiger partial charge in [-0.05, 0) is 20.3 Å². The maximum Gasteiger partial charge on any atom is 0.316 e. The average Bonchev–Trinajstić information content (AvgIpc) is 1.96. The van der Waals surface area contributed by atoms with Crippen LogP contribution in [0.2, 0.25) is 0 Å². The van der Waals surface area contributed by atoms with Gasteiger partial charge in [-0.15, -0.1) is 0 Å². The zero-order valence-electron chi connectivity index (χ0n) is 8.36. The quantitative estimate of drug-likeness (QED) is 0.511. The minimum atomic E-state index is -2.60. The van der Waals surface area contributed by atoms with Crippen LogP contribution in [0.3, 0.4) is 0 Å². The van der Waals surface area contributed by atoms with Gasteiger partial charge in [0.05, 0.1) is 14.3 Å². The molecule has 0 aliphatic rings. The lowest BCUT2D eigenvalue weighted by Gasteiger charge is -2.17. The van der Waals surface area contributed by atoms with E-state index in [0.717, 1.165) is 0 Å². The number of hydrogen-bond donors (Lipinski definition) is 0. The van der Waals surface area contributed by atoms with Gasteiger partial charge in [-0.25, -0.2) is 0 Å². The van der Waals surface area contributed by atoms with Crippen molar-refractivity contribution in [2.45, 2.75) is 19.0 Å². The molecule has 0 amide bonds. The summed E-state index contributed by atoms with van der Waals surface area (Å²) in [6.07, 6.45) is -0.00302. The molecule has 4 nitrogen and oxygen atoms in total. The van der Waals surface area contributed by atoms with Gasteiger partial charge in [0.15, 0.2) is 0 Å². The van der Waals surface area contributed by atoms with Crippen molar-refractivity contribution in [2.24, 2.45) is 0 Å². The van der Waals surface area contributed by atoms with Gasteiger partial charge in [-0.1, -0.05) is 0 Å². The number of ether oxygens (including phenoxy) is 1. The second-order valence-corrected chi connectivity index (χ2v) is 6.87. The normalized spacial score (nSPS) is 13.5. The van der Waals surface area contributed by atoms with Crippen LogP contribution in [0.5, 0.6) is 0 Å².